The molecular formula is C21H22N4O3S. The fourth-order valence-electron chi connectivity index (χ4n) is 3.44. The normalized spacial score (nSPS) is 13.5. The number of anilines is 1. The van der Waals surface area contributed by atoms with E-state index in [1.165, 1.54) is 38.4 Å². The van der Waals surface area contributed by atoms with Gasteiger partial charge in [-0.2, -0.15) is 0 Å². The lowest BCUT2D eigenvalue weighted by Crippen LogP contribution is -2.22. The molecule has 150 valence electrons. The average molecular weight is 410 g/mol. The van der Waals surface area contributed by atoms with Crippen LogP contribution in [0.1, 0.15) is 22.6 Å². The highest BCUT2D eigenvalue weighted by Gasteiger charge is 2.18. The van der Waals surface area contributed by atoms with Crippen molar-refractivity contribution in [2.75, 3.05) is 19.4 Å². The number of aromatic nitrogens is 2. The number of fused-ring (bicyclic) bond motifs is 1. The van der Waals surface area contributed by atoms with Crippen LogP contribution in [0.15, 0.2) is 59.6 Å². The Morgan fingerprint density at radius 2 is 1.90 bits per heavy atom. The first-order valence-electron chi connectivity index (χ1n) is 9.35. The van der Waals surface area contributed by atoms with Crippen LogP contribution in [-0.2, 0) is 23.0 Å². The number of benzene rings is 2. The predicted molar refractivity (Wildman–Crippen MR) is 111 cm³/mol. The molecule has 29 heavy (non-hydrogen) atoms. The molecule has 0 saturated heterocycles. The van der Waals surface area contributed by atoms with Crippen molar-refractivity contribution in [2.45, 2.75) is 24.3 Å². The topological polar surface area (TPSA) is 84.3 Å². The van der Waals surface area contributed by atoms with E-state index in [0.29, 0.717) is 11.3 Å². The average Bonchev–Trinajstić information content (AvgIpc) is 3.32. The van der Waals surface area contributed by atoms with Crippen LogP contribution in [0.3, 0.4) is 0 Å². The highest BCUT2D eigenvalue weighted by Crippen LogP contribution is 2.27. The van der Waals surface area contributed by atoms with Gasteiger partial charge >= 0.3 is 0 Å². The molecule has 0 bridgehead atoms. The van der Waals surface area contributed by atoms with E-state index in [9.17, 15) is 13.2 Å². The number of aryl methyl sites for hydroxylation is 1. The molecule has 0 fully saturated rings. The molecule has 0 atom stereocenters. The molecule has 4 rings (SSSR count). The van der Waals surface area contributed by atoms with Gasteiger partial charge < -0.3 is 9.88 Å². The third kappa shape index (κ3) is 3.68. The van der Waals surface area contributed by atoms with Gasteiger partial charge in [0.15, 0.2) is 0 Å². The Bertz CT molecular complexity index is 1160. The van der Waals surface area contributed by atoms with Gasteiger partial charge in [-0.05, 0) is 42.8 Å². The van der Waals surface area contributed by atoms with E-state index < -0.39 is 10.0 Å². The van der Waals surface area contributed by atoms with E-state index in [1.807, 2.05) is 30.5 Å². The zero-order valence-electron chi connectivity index (χ0n) is 16.3. The smallest absolute Gasteiger partial charge is 0.255 e. The Kier molecular flexibility index (Phi) is 4.97. The van der Waals surface area contributed by atoms with E-state index in [0.717, 1.165) is 40.8 Å². The zero-order valence-corrected chi connectivity index (χ0v) is 17.1. The Labute approximate surface area is 170 Å². The third-order valence-corrected chi connectivity index (χ3v) is 6.86. The molecule has 2 heterocycles. The predicted octanol–water partition coefficient (Wildman–Crippen LogP) is 3.00. The second-order valence-electron chi connectivity index (χ2n) is 7.16. The molecular weight excluding hydrogens is 388 g/mol. The van der Waals surface area contributed by atoms with E-state index in [4.69, 9.17) is 0 Å². The number of nitrogens with zero attached hydrogens (tertiary/aromatic N) is 3. The van der Waals surface area contributed by atoms with Crippen molar-refractivity contribution in [3.05, 3.63) is 66.1 Å². The lowest BCUT2D eigenvalue weighted by atomic mass is 10.1. The first-order valence-corrected chi connectivity index (χ1v) is 10.8. The summed E-state index contributed by atoms with van der Waals surface area (Å²) < 4.78 is 27.7. The lowest BCUT2D eigenvalue weighted by Gasteiger charge is -2.12. The van der Waals surface area contributed by atoms with Gasteiger partial charge in [-0.25, -0.2) is 17.7 Å². The summed E-state index contributed by atoms with van der Waals surface area (Å²) in [5.41, 5.74) is 3.10. The molecule has 0 aliphatic carbocycles. The maximum Gasteiger partial charge on any atom is 0.255 e. The molecule has 0 spiro atoms. The molecule has 3 aromatic rings. The highest BCUT2D eigenvalue weighted by atomic mass is 32.2. The molecule has 8 heteroatoms. The van der Waals surface area contributed by atoms with Crippen LogP contribution in [0.2, 0.25) is 0 Å². The minimum Gasteiger partial charge on any atom is -0.328 e. The number of rotatable bonds is 5. The van der Waals surface area contributed by atoms with E-state index >= 15 is 0 Å². The largest absolute Gasteiger partial charge is 0.328 e. The maximum atomic E-state index is 12.6. The van der Waals surface area contributed by atoms with Crippen LogP contribution in [0.5, 0.6) is 0 Å². The van der Waals surface area contributed by atoms with Crippen molar-refractivity contribution in [1.82, 2.24) is 13.9 Å². The van der Waals surface area contributed by atoms with Crippen LogP contribution in [0.25, 0.3) is 11.3 Å². The van der Waals surface area contributed by atoms with E-state index in [1.54, 1.807) is 0 Å². The molecule has 1 N–H and O–H groups in total. The number of imidazole rings is 1. The number of nitrogens with one attached hydrogen (secondary N) is 1. The van der Waals surface area contributed by atoms with Crippen LogP contribution in [0.4, 0.5) is 5.69 Å². The van der Waals surface area contributed by atoms with Crippen molar-refractivity contribution >= 4 is 21.6 Å². The lowest BCUT2D eigenvalue weighted by molar-refractivity contribution is 0.102. The summed E-state index contributed by atoms with van der Waals surface area (Å²) in [5, 5.41) is 2.88. The number of carbonyl (C=O) groups is 1. The summed E-state index contributed by atoms with van der Waals surface area (Å²) in [6.07, 6.45) is 3.97. The van der Waals surface area contributed by atoms with E-state index in [2.05, 4.69) is 14.9 Å². The second kappa shape index (κ2) is 7.46. The van der Waals surface area contributed by atoms with Gasteiger partial charge in [-0.15, -0.1) is 0 Å². The second-order valence-corrected chi connectivity index (χ2v) is 9.31. The summed E-state index contributed by atoms with van der Waals surface area (Å²) in [7, 11) is -0.578. The molecule has 0 unspecified atom stereocenters. The fraction of sp³-hybridized carbons (Fsp3) is 0.238. The van der Waals surface area contributed by atoms with Gasteiger partial charge in [0.25, 0.3) is 5.91 Å². The third-order valence-electron chi connectivity index (χ3n) is 5.03. The van der Waals surface area contributed by atoms with Gasteiger partial charge in [-0.3, -0.25) is 4.79 Å². The first kappa shape index (κ1) is 19.4. The number of sulfonamides is 1. The van der Waals surface area contributed by atoms with Gasteiger partial charge in [-0.1, -0.05) is 12.1 Å². The van der Waals surface area contributed by atoms with Crippen molar-refractivity contribution in [1.29, 1.82) is 0 Å². The molecule has 0 saturated carbocycles. The van der Waals surface area contributed by atoms with Gasteiger partial charge in [0.1, 0.15) is 5.82 Å². The summed E-state index contributed by atoms with van der Waals surface area (Å²) >= 11 is 0. The summed E-state index contributed by atoms with van der Waals surface area (Å²) in [4.78, 5) is 17.2. The molecule has 1 aliphatic rings. The number of hydrogen-bond acceptors (Lipinski definition) is 4. The number of amides is 1. The van der Waals surface area contributed by atoms with Crippen LogP contribution < -0.4 is 5.32 Å². The number of carbonyl (C=O) groups excluding carboxylic acids is 1. The highest BCUT2D eigenvalue weighted by molar-refractivity contribution is 7.89. The van der Waals surface area contributed by atoms with Gasteiger partial charge in [0, 0.05) is 43.9 Å². The maximum absolute atomic E-state index is 12.6. The molecule has 1 aliphatic heterocycles. The summed E-state index contributed by atoms with van der Waals surface area (Å²) in [6.45, 7) is 0.962. The van der Waals surface area contributed by atoms with Crippen molar-refractivity contribution in [3.63, 3.8) is 0 Å². The summed E-state index contributed by atoms with van der Waals surface area (Å²) in [6, 6.07) is 13.6. The standard InChI is InChI=1S/C21H22N4O3S/c1-24(2)29(27,28)18-10-8-15(9-11-18)21(26)23-17-6-3-5-16(13-17)19-14-22-20-7-4-12-25(19)20/h3,5-6,8-11,13-14H,4,7,12H2,1-2H3,(H,23,26). The quantitative estimate of drug-likeness (QED) is 0.701. The Morgan fingerprint density at radius 1 is 1.14 bits per heavy atom. The Morgan fingerprint density at radius 3 is 2.62 bits per heavy atom. The Balaban J connectivity index is 1.53. The van der Waals surface area contributed by atoms with Crippen LogP contribution in [-0.4, -0.2) is 42.3 Å². The van der Waals surface area contributed by atoms with E-state index in [-0.39, 0.29) is 10.8 Å². The first-order chi connectivity index (χ1) is 13.9. The van der Waals surface area contributed by atoms with Crippen molar-refractivity contribution < 1.29 is 13.2 Å². The van der Waals surface area contributed by atoms with Crippen molar-refractivity contribution in [3.8, 4) is 11.3 Å². The summed E-state index contributed by atoms with van der Waals surface area (Å²) in [5.74, 6) is 0.802. The zero-order chi connectivity index (χ0) is 20.6. The molecule has 2 aromatic carbocycles. The molecule has 1 amide bonds. The van der Waals surface area contributed by atoms with Gasteiger partial charge in [0.05, 0.1) is 16.8 Å². The van der Waals surface area contributed by atoms with Crippen LogP contribution in [0, 0.1) is 0 Å². The fourth-order valence-corrected chi connectivity index (χ4v) is 4.34. The molecule has 0 radical (unpaired) electrons. The minimum absolute atomic E-state index is 0.149. The molecule has 7 nitrogen and oxygen atoms in total. The SMILES string of the molecule is CN(C)S(=O)(=O)c1ccc(C(=O)Nc2cccc(-c3cnc4n3CCC4)c2)cc1. The van der Waals surface area contributed by atoms with Crippen molar-refractivity contribution in [2.24, 2.45) is 0 Å². The number of hydrogen-bond donors (Lipinski definition) is 1. The van der Waals surface area contributed by atoms with Gasteiger partial charge in [0.2, 0.25) is 10.0 Å². The monoisotopic (exact) mass is 410 g/mol. The minimum atomic E-state index is -3.52. The molecule has 1 aromatic heterocycles. The Hall–Kier alpha value is -2.97. The van der Waals surface area contributed by atoms with Crippen LogP contribution >= 0.6 is 0 Å².